The molecule has 0 saturated carbocycles. The van der Waals surface area contributed by atoms with Crippen molar-refractivity contribution in [2.45, 2.75) is 45.4 Å². The van der Waals surface area contributed by atoms with Gasteiger partial charge in [-0.25, -0.2) is 0 Å². The number of aryl methyl sites for hydroxylation is 2. The summed E-state index contributed by atoms with van der Waals surface area (Å²) >= 11 is 1.68. The lowest BCUT2D eigenvalue weighted by atomic mass is 10.0. The minimum atomic E-state index is -0.456. The minimum absolute atomic E-state index is 0.366. The van der Waals surface area contributed by atoms with E-state index in [1.807, 2.05) is 23.2 Å². The van der Waals surface area contributed by atoms with Gasteiger partial charge in [0, 0.05) is 35.8 Å². The molecular weight excluding hydrogens is 322 g/mol. The molecule has 1 N–H and O–H groups in total. The standard InChI is InChI=1S/C18H27N3O2S/c1-13-18(14(2)20(3)19-13)17-7-4-8-21(17)10-15(22)11-23-12-16-6-5-9-24-16/h5-6,9,15,17,22H,4,7-8,10-12H2,1-3H3/t15-,17-/m0/s1. The summed E-state index contributed by atoms with van der Waals surface area (Å²) in [7, 11) is 2.00. The highest BCUT2D eigenvalue weighted by molar-refractivity contribution is 7.09. The van der Waals surface area contributed by atoms with Crippen molar-refractivity contribution in [1.82, 2.24) is 14.7 Å². The van der Waals surface area contributed by atoms with Crippen LogP contribution in [0.2, 0.25) is 0 Å². The maximum atomic E-state index is 10.4. The predicted molar refractivity (Wildman–Crippen MR) is 96.2 cm³/mol. The van der Waals surface area contributed by atoms with Crippen LogP contribution in [0.25, 0.3) is 0 Å². The van der Waals surface area contributed by atoms with Crippen LogP contribution in [0.15, 0.2) is 17.5 Å². The van der Waals surface area contributed by atoms with Crippen LogP contribution in [0.5, 0.6) is 0 Å². The van der Waals surface area contributed by atoms with E-state index >= 15 is 0 Å². The third-order valence-corrected chi connectivity index (χ3v) is 5.69. The molecule has 6 heteroatoms. The number of hydrogen-bond acceptors (Lipinski definition) is 5. The fourth-order valence-electron chi connectivity index (χ4n) is 3.66. The second-order valence-electron chi connectivity index (χ2n) is 6.61. The number of rotatable bonds is 7. The second-order valence-corrected chi connectivity index (χ2v) is 7.64. The summed E-state index contributed by atoms with van der Waals surface area (Å²) in [5.74, 6) is 0. The molecule has 1 fully saturated rings. The minimum Gasteiger partial charge on any atom is -0.389 e. The van der Waals surface area contributed by atoms with Crippen LogP contribution in [0, 0.1) is 13.8 Å². The van der Waals surface area contributed by atoms with Crippen molar-refractivity contribution in [1.29, 1.82) is 0 Å². The molecule has 2 atom stereocenters. The highest BCUT2D eigenvalue weighted by Gasteiger charge is 2.31. The average Bonchev–Trinajstić information content (AvgIpc) is 3.24. The van der Waals surface area contributed by atoms with Crippen LogP contribution < -0.4 is 0 Å². The fraction of sp³-hybridized carbons (Fsp3) is 0.611. The van der Waals surface area contributed by atoms with Crippen LogP contribution in [0.1, 0.15) is 40.7 Å². The van der Waals surface area contributed by atoms with Gasteiger partial charge in [-0.1, -0.05) is 6.07 Å². The van der Waals surface area contributed by atoms with Crippen LogP contribution in [0.4, 0.5) is 0 Å². The van der Waals surface area contributed by atoms with Crippen molar-refractivity contribution in [3.63, 3.8) is 0 Å². The first-order chi connectivity index (χ1) is 11.6. The SMILES string of the molecule is Cc1nn(C)c(C)c1[C@@H]1CCCN1C[C@H](O)COCc1cccs1. The topological polar surface area (TPSA) is 50.5 Å². The molecule has 0 aliphatic carbocycles. The van der Waals surface area contributed by atoms with E-state index in [4.69, 9.17) is 4.74 Å². The van der Waals surface area contributed by atoms with Crippen LogP contribution in [-0.4, -0.2) is 45.6 Å². The molecule has 1 aliphatic heterocycles. The van der Waals surface area contributed by atoms with Gasteiger partial charge in [0.25, 0.3) is 0 Å². The molecule has 3 heterocycles. The van der Waals surface area contributed by atoms with E-state index in [2.05, 4.69) is 29.9 Å². The van der Waals surface area contributed by atoms with Crippen molar-refractivity contribution >= 4 is 11.3 Å². The van der Waals surface area contributed by atoms with Gasteiger partial charge in [-0.05, 0) is 44.7 Å². The average molecular weight is 350 g/mol. The molecule has 0 bridgehead atoms. The summed E-state index contributed by atoms with van der Waals surface area (Å²) in [4.78, 5) is 3.58. The van der Waals surface area contributed by atoms with Crippen molar-refractivity contribution < 1.29 is 9.84 Å². The molecule has 1 aliphatic rings. The molecule has 2 aromatic rings. The maximum absolute atomic E-state index is 10.4. The summed E-state index contributed by atoms with van der Waals surface area (Å²) in [5.41, 5.74) is 3.67. The summed E-state index contributed by atoms with van der Waals surface area (Å²) in [6.45, 7) is 6.86. The molecule has 0 aromatic carbocycles. The number of β-amino-alcohol motifs (C(OH)–C–C–N with tert-alkyl or cyclic N) is 1. The van der Waals surface area contributed by atoms with Gasteiger partial charge in [0.1, 0.15) is 0 Å². The lowest BCUT2D eigenvalue weighted by Gasteiger charge is -2.27. The van der Waals surface area contributed by atoms with Crippen molar-refractivity contribution in [3.8, 4) is 0 Å². The Labute approximate surface area is 147 Å². The number of hydrogen-bond donors (Lipinski definition) is 1. The van der Waals surface area contributed by atoms with E-state index in [0.29, 0.717) is 25.8 Å². The Balaban J connectivity index is 1.55. The lowest BCUT2D eigenvalue weighted by molar-refractivity contribution is 0.00840. The molecule has 2 aromatic heterocycles. The van der Waals surface area contributed by atoms with E-state index in [1.165, 1.54) is 22.6 Å². The van der Waals surface area contributed by atoms with Crippen molar-refractivity contribution in [3.05, 3.63) is 39.3 Å². The Morgan fingerprint density at radius 3 is 2.96 bits per heavy atom. The van der Waals surface area contributed by atoms with Crippen molar-refractivity contribution in [2.24, 2.45) is 7.05 Å². The van der Waals surface area contributed by atoms with Crippen LogP contribution in [0.3, 0.4) is 0 Å². The molecule has 1 saturated heterocycles. The number of aliphatic hydroxyl groups is 1. The zero-order valence-electron chi connectivity index (χ0n) is 14.7. The summed E-state index contributed by atoms with van der Waals surface area (Å²) in [5, 5.41) is 17.0. The molecule has 5 nitrogen and oxygen atoms in total. The quantitative estimate of drug-likeness (QED) is 0.835. The van der Waals surface area contributed by atoms with Gasteiger partial charge in [-0.15, -0.1) is 11.3 Å². The smallest absolute Gasteiger partial charge is 0.0900 e. The third kappa shape index (κ3) is 3.88. The Morgan fingerprint density at radius 1 is 1.46 bits per heavy atom. The molecule has 24 heavy (non-hydrogen) atoms. The number of thiophene rings is 1. The molecule has 0 unspecified atom stereocenters. The van der Waals surface area contributed by atoms with Crippen LogP contribution in [-0.2, 0) is 18.4 Å². The Morgan fingerprint density at radius 2 is 2.29 bits per heavy atom. The predicted octanol–water partition coefficient (Wildman–Crippen LogP) is 2.81. The van der Waals surface area contributed by atoms with Crippen LogP contribution >= 0.6 is 11.3 Å². The summed E-state index contributed by atoms with van der Waals surface area (Å²) in [6.07, 6.45) is 1.85. The second kappa shape index (κ2) is 7.78. The van der Waals surface area contributed by atoms with E-state index in [9.17, 15) is 5.11 Å². The summed E-state index contributed by atoms with van der Waals surface area (Å²) in [6, 6.07) is 4.44. The van der Waals surface area contributed by atoms with E-state index in [1.54, 1.807) is 11.3 Å². The highest BCUT2D eigenvalue weighted by atomic mass is 32.1. The van der Waals surface area contributed by atoms with Gasteiger partial charge in [-0.3, -0.25) is 9.58 Å². The molecule has 3 rings (SSSR count). The zero-order chi connectivity index (χ0) is 17.1. The molecular formula is C18H27N3O2S. The monoisotopic (exact) mass is 349 g/mol. The first kappa shape index (κ1) is 17.6. The van der Waals surface area contributed by atoms with E-state index in [-0.39, 0.29) is 0 Å². The molecule has 0 radical (unpaired) electrons. The lowest BCUT2D eigenvalue weighted by Crippen LogP contribution is -2.35. The maximum Gasteiger partial charge on any atom is 0.0900 e. The van der Waals surface area contributed by atoms with Gasteiger partial charge in [0.2, 0.25) is 0 Å². The van der Waals surface area contributed by atoms with E-state index in [0.717, 1.165) is 18.7 Å². The van der Waals surface area contributed by atoms with Gasteiger partial charge in [0.15, 0.2) is 0 Å². The first-order valence-corrected chi connectivity index (χ1v) is 9.46. The molecule has 0 amide bonds. The largest absolute Gasteiger partial charge is 0.389 e. The Bertz CT molecular complexity index is 654. The normalized spacial score (nSPS) is 19.9. The zero-order valence-corrected chi connectivity index (χ0v) is 15.6. The first-order valence-electron chi connectivity index (χ1n) is 8.58. The van der Waals surface area contributed by atoms with E-state index < -0.39 is 6.10 Å². The van der Waals surface area contributed by atoms with Gasteiger partial charge in [-0.2, -0.15) is 5.10 Å². The third-order valence-electron chi connectivity index (χ3n) is 4.84. The van der Waals surface area contributed by atoms with Gasteiger partial charge < -0.3 is 9.84 Å². The number of likely N-dealkylation sites (tertiary alicyclic amines) is 1. The van der Waals surface area contributed by atoms with Gasteiger partial charge in [0.05, 0.1) is 25.0 Å². The number of ether oxygens (including phenoxy) is 1. The highest BCUT2D eigenvalue weighted by Crippen LogP contribution is 2.35. The number of aliphatic hydroxyl groups excluding tert-OH is 1. The van der Waals surface area contributed by atoms with Crippen molar-refractivity contribution in [2.75, 3.05) is 19.7 Å². The molecule has 132 valence electrons. The Hall–Kier alpha value is -1.21. The Kier molecular flexibility index (Phi) is 5.71. The number of nitrogens with zero attached hydrogens (tertiary/aromatic N) is 3. The fourth-order valence-corrected chi connectivity index (χ4v) is 4.30. The summed E-state index contributed by atoms with van der Waals surface area (Å²) < 4.78 is 7.62. The number of aromatic nitrogens is 2. The molecule has 0 spiro atoms. The van der Waals surface area contributed by atoms with Gasteiger partial charge >= 0.3 is 0 Å².